The van der Waals surface area contributed by atoms with Gasteiger partial charge in [0.05, 0.1) is 12.3 Å². The van der Waals surface area contributed by atoms with Gasteiger partial charge in [-0.15, -0.1) is 0 Å². The Labute approximate surface area is 219 Å². The van der Waals surface area contributed by atoms with E-state index in [4.69, 9.17) is 9.47 Å². The second-order valence-electron chi connectivity index (χ2n) is 8.57. The number of methoxy groups -OCH3 is 1. The molecule has 1 amide bonds. The van der Waals surface area contributed by atoms with Crippen molar-refractivity contribution in [2.45, 2.75) is 6.92 Å². The minimum Gasteiger partial charge on any atom is -0.508 e. The number of aliphatic imine (C=N–C) groups is 1. The van der Waals surface area contributed by atoms with Crippen molar-refractivity contribution >= 4 is 24.1 Å². The molecule has 0 atom stereocenters. The van der Waals surface area contributed by atoms with E-state index in [9.17, 15) is 14.7 Å². The Bertz CT molecular complexity index is 1040. The molecule has 0 radical (unpaired) electrons. The maximum absolute atomic E-state index is 11.0. The molecule has 1 heterocycles. The highest BCUT2D eigenvalue weighted by molar-refractivity contribution is 6.12. The van der Waals surface area contributed by atoms with Crippen LogP contribution in [0.25, 0.3) is 5.70 Å². The average molecular weight is 511 g/mol. The predicted molar refractivity (Wildman–Crippen MR) is 146 cm³/mol. The summed E-state index contributed by atoms with van der Waals surface area (Å²) in [6, 6.07) is 12.2. The molecule has 2 aromatic carbocycles. The van der Waals surface area contributed by atoms with E-state index in [0.29, 0.717) is 29.9 Å². The van der Waals surface area contributed by atoms with Gasteiger partial charge in [-0.05, 0) is 73.6 Å². The first-order valence-electron chi connectivity index (χ1n) is 12.2. The number of allylic oxidation sites excluding steroid dienone is 1. The lowest BCUT2D eigenvalue weighted by Gasteiger charge is -2.31. The molecule has 1 aliphatic heterocycles. The van der Waals surface area contributed by atoms with Crippen LogP contribution in [-0.2, 0) is 14.3 Å². The molecule has 200 valence electrons. The zero-order chi connectivity index (χ0) is 27.0. The third kappa shape index (κ3) is 10.2. The van der Waals surface area contributed by atoms with Crippen molar-refractivity contribution in [1.82, 2.24) is 15.1 Å². The standard InChI is InChI=1S/C20H20N2O4.C8H18N2O/c1-14-11-16(5-8-20(14)25)18(21-2)12-19(22-13-24)15-3-6-17(7-4-15)26-10-9-23;1-9-3-5-10(6-4-9)7-8-11-2/h3-9,11-13,25H,10H2,1-2H3,(H,22,24);3-8H2,1-2H3/b19-12-,21-18?;. The number of piperazine rings is 1. The second-order valence-corrected chi connectivity index (χ2v) is 8.57. The molecule has 9 nitrogen and oxygen atoms in total. The summed E-state index contributed by atoms with van der Waals surface area (Å²) >= 11 is 0. The third-order valence-corrected chi connectivity index (χ3v) is 5.92. The van der Waals surface area contributed by atoms with Crippen LogP contribution in [0.4, 0.5) is 0 Å². The number of ether oxygens (including phenoxy) is 2. The Hall–Kier alpha value is -3.53. The van der Waals surface area contributed by atoms with Crippen molar-refractivity contribution in [3.05, 3.63) is 65.2 Å². The summed E-state index contributed by atoms with van der Waals surface area (Å²) in [5.74, 6) is 0.773. The number of nitrogens with zero attached hydrogens (tertiary/aromatic N) is 3. The van der Waals surface area contributed by atoms with Gasteiger partial charge in [0.1, 0.15) is 18.1 Å². The molecule has 9 heteroatoms. The fourth-order valence-electron chi connectivity index (χ4n) is 3.65. The van der Waals surface area contributed by atoms with Crippen molar-refractivity contribution in [3.63, 3.8) is 0 Å². The van der Waals surface area contributed by atoms with Crippen molar-refractivity contribution in [2.24, 2.45) is 4.99 Å². The Morgan fingerprint density at radius 1 is 1.08 bits per heavy atom. The predicted octanol–water partition coefficient (Wildman–Crippen LogP) is 2.36. The molecule has 2 N–H and O–H groups in total. The van der Waals surface area contributed by atoms with Gasteiger partial charge in [0, 0.05) is 58.1 Å². The van der Waals surface area contributed by atoms with E-state index in [1.165, 1.54) is 26.2 Å². The van der Waals surface area contributed by atoms with Crippen LogP contribution in [0.1, 0.15) is 16.7 Å². The first-order chi connectivity index (χ1) is 17.9. The van der Waals surface area contributed by atoms with Gasteiger partial charge in [0.25, 0.3) is 0 Å². The highest BCUT2D eigenvalue weighted by Gasteiger charge is 2.12. The second kappa shape index (κ2) is 16.3. The lowest BCUT2D eigenvalue weighted by atomic mass is 10.0. The number of phenols is 1. The molecule has 0 aromatic heterocycles. The van der Waals surface area contributed by atoms with Crippen molar-refractivity contribution < 1.29 is 24.2 Å². The van der Waals surface area contributed by atoms with Crippen LogP contribution >= 0.6 is 0 Å². The Kier molecular flexibility index (Phi) is 13.1. The Morgan fingerprint density at radius 2 is 1.76 bits per heavy atom. The molecule has 0 aliphatic carbocycles. The van der Waals surface area contributed by atoms with Gasteiger partial charge in [-0.25, -0.2) is 0 Å². The van der Waals surface area contributed by atoms with Crippen molar-refractivity contribution in [3.8, 4) is 11.5 Å². The molecule has 2 aromatic rings. The van der Waals surface area contributed by atoms with E-state index >= 15 is 0 Å². The van der Waals surface area contributed by atoms with Gasteiger partial charge < -0.3 is 24.8 Å². The van der Waals surface area contributed by atoms with Crippen LogP contribution < -0.4 is 10.1 Å². The van der Waals surface area contributed by atoms with E-state index in [2.05, 4.69) is 27.2 Å². The SMILES string of the molecule is CN=C(/C=C(\NC=O)c1ccc(OCC=O)cc1)c1ccc(O)c(C)c1.COCCN1CCN(C)CC1. The summed E-state index contributed by atoms with van der Waals surface area (Å²) in [5.41, 5.74) is 3.52. The number of amides is 1. The summed E-state index contributed by atoms with van der Waals surface area (Å²) < 4.78 is 10.2. The third-order valence-electron chi connectivity index (χ3n) is 5.92. The first kappa shape index (κ1) is 29.7. The molecule has 0 bridgehead atoms. The van der Waals surface area contributed by atoms with Gasteiger partial charge in [0.15, 0.2) is 6.29 Å². The lowest BCUT2D eigenvalue weighted by Crippen LogP contribution is -2.45. The summed E-state index contributed by atoms with van der Waals surface area (Å²) in [7, 11) is 5.59. The summed E-state index contributed by atoms with van der Waals surface area (Å²) in [6.07, 6.45) is 3.02. The van der Waals surface area contributed by atoms with Gasteiger partial charge in [-0.2, -0.15) is 0 Å². The highest BCUT2D eigenvalue weighted by atomic mass is 16.5. The van der Waals surface area contributed by atoms with Gasteiger partial charge in [-0.3, -0.25) is 19.5 Å². The number of aromatic hydroxyl groups is 1. The zero-order valence-corrected chi connectivity index (χ0v) is 22.1. The number of rotatable bonds is 11. The lowest BCUT2D eigenvalue weighted by molar-refractivity contribution is -0.109. The van der Waals surface area contributed by atoms with Crippen LogP contribution in [0.15, 0.2) is 53.5 Å². The van der Waals surface area contributed by atoms with Crippen LogP contribution in [0.3, 0.4) is 0 Å². The zero-order valence-electron chi connectivity index (χ0n) is 22.1. The molecular formula is C28H38N4O5. The molecule has 0 spiro atoms. The fraction of sp³-hybridized carbons (Fsp3) is 0.393. The summed E-state index contributed by atoms with van der Waals surface area (Å²) in [6.45, 7) is 8.53. The quantitative estimate of drug-likeness (QED) is 0.353. The number of carbonyl (C=O) groups is 2. The topological polar surface area (TPSA) is 104 Å². The number of nitrogens with one attached hydrogen (secondary N) is 1. The molecule has 1 fully saturated rings. The van der Waals surface area contributed by atoms with Gasteiger partial charge in [0.2, 0.25) is 6.41 Å². The molecule has 0 saturated carbocycles. The molecule has 0 unspecified atom stereocenters. The maximum atomic E-state index is 11.0. The van der Waals surface area contributed by atoms with Gasteiger partial charge >= 0.3 is 0 Å². The smallest absolute Gasteiger partial charge is 0.211 e. The van der Waals surface area contributed by atoms with Crippen LogP contribution in [-0.4, -0.2) is 100 Å². The van der Waals surface area contributed by atoms with E-state index in [0.717, 1.165) is 29.8 Å². The highest BCUT2D eigenvalue weighted by Crippen LogP contribution is 2.21. The number of likely N-dealkylation sites (N-methyl/N-ethyl adjacent to an activating group) is 1. The van der Waals surface area contributed by atoms with Crippen LogP contribution in [0.2, 0.25) is 0 Å². The van der Waals surface area contributed by atoms with E-state index < -0.39 is 0 Å². The Morgan fingerprint density at radius 3 is 2.32 bits per heavy atom. The maximum Gasteiger partial charge on any atom is 0.211 e. The van der Waals surface area contributed by atoms with Crippen LogP contribution in [0.5, 0.6) is 11.5 Å². The number of carbonyl (C=O) groups excluding carboxylic acids is 2. The van der Waals surface area contributed by atoms with Crippen molar-refractivity contribution in [2.75, 3.05) is 67.1 Å². The Balaban J connectivity index is 0.000000364. The number of benzene rings is 2. The average Bonchev–Trinajstić information content (AvgIpc) is 2.92. The first-order valence-corrected chi connectivity index (χ1v) is 12.2. The van der Waals surface area contributed by atoms with Crippen molar-refractivity contribution in [1.29, 1.82) is 0 Å². The number of aryl methyl sites for hydroxylation is 1. The number of hydrogen-bond acceptors (Lipinski definition) is 8. The monoisotopic (exact) mass is 510 g/mol. The fourth-order valence-corrected chi connectivity index (χ4v) is 3.65. The van der Waals surface area contributed by atoms with Crippen LogP contribution in [0, 0.1) is 6.92 Å². The number of phenolic OH excluding ortho intramolecular Hbond substituents is 1. The minimum absolute atomic E-state index is 0.0124. The molecule has 1 saturated heterocycles. The number of aldehydes is 1. The normalized spacial score (nSPS) is 14.9. The van der Waals surface area contributed by atoms with E-state index in [1.54, 1.807) is 63.6 Å². The summed E-state index contributed by atoms with van der Waals surface area (Å²) in [5, 5.41) is 12.4. The van der Waals surface area contributed by atoms with E-state index in [1.807, 2.05) is 6.07 Å². The van der Waals surface area contributed by atoms with Gasteiger partial charge in [-0.1, -0.05) is 0 Å². The number of hydrogen-bond donors (Lipinski definition) is 2. The van der Waals surface area contributed by atoms with E-state index in [-0.39, 0.29) is 12.4 Å². The molecule has 37 heavy (non-hydrogen) atoms. The largest absolute Gasteiger partial charge is 0.508 e. The molecule has 3 rings (SSSR count). The summed E-state index contributed by atoms with van der Waals surface area (Å²) in [4.78, 5) is 30.5. The minimum atomic E-state index is -0.0124. The molecule has 1 aliphatic rings. The molecular weight excluding hydrogens is 472 g/mol.